The lowest BCUT2D eigenvalue weighted by atomic mass is 9.97. The number of hydrogen-bond acceptors (Lipinski definition) is 3. The molecule has 4 nitrogen and oxygen atoms in total. The second-order valence-corrected chi connectivity index (χ2v) is 7.52. The molecular weight excluding hydrogens is 376 g/mol. The van der Waals surface area contributed by atoms with Crippen LogP contribution < -0.4 is 10.0 Å². The maximum absolute atomic E-state index is 12.8. The number of sulfonamides is 1. The van der Waals surface area contributed by atoms with Crippen LogP contribution in [0.3, 0.4) is 0 Å². The topological polar surface area (TPSA) is 58.2 Å². The van der Waals surface area contributed by atoms with Gasteiger partial charge in [-0.15, -0.1) is 12.4 Å². The van der Waals surface area contributed by atoms with E-state index in [1.54, 1.807) is 0 Å². The summed E-state index contributed by atoms with van der Waals surface area (Å²) in [4.78, 5) is -0.474. The molecule has 2 N–H and O–H groups in total. The van der Waals surface area contributed by atoms with Crippen molar-refractivity contribution < 1.29 is 21.6 Å². The molecule has 132 valence electrons. The Labute approximate surface area is 144 Å². The summed E-state index contributed by atoms with van der Waals surface area (Å²) in [7, 11) is -4.06. The van der Waals surface area contributed by atoms with Gasteiger partial charge >= 0.3 is 6.18 Å². The van der Waals surface area contributed by atoms with E-state index < -0.39 is 26.7 Å². The molecule has 0 aromatic heterocycles. The molecule has 1 aliphatic heterocycles. The number of rotatable bonds is 3. The van der Waals surface area contributed by atoms with Crippen LogP contribution in [0.5, 0.6) is 0 Å². The third kappa shape index (κ3) is 5.22. The summed E-state index contributed by atoms with van der Waals surface area (Å²) in [5.41, 5.74) is -1.08. The van der Waals surface area contributed by atoms with Gasteiger partial charge in [-0.3, -0.25) is 0 Å². The maximum Gasteiger partial charge on any atom is 0.416 e. The van der Waals surface area contributed by atoms with Crippen molar-refractivity contribution >= 4 is 34.0 Å². The minimum atomic E-state index is -4.66. The van der Waals surface area contributed by atoms with Crippen molar-refractivity contribution in [3.63, 3.8) is 0 Å². The predicted octanol–water partition coefficient (Wildman–Crippen LogP) is 3.06. The fourth-order valence-corrected chi connectivity index (χ4v) is 4.09. The largest absolute Gasteiger partial charge is 0.416 e. The zero-order valence-corrected chi connectivity index (χ0v) is 14.5. The number of piperidine rings is 1. The van der Waals surface area contributed by atoms with Gasteiger partial charge in [0.15, 0.2) is 0 Å². The Morgan fingerprint density at radius 3 is 2.52 bits per heavy atom. The summed E-state index contributed by atoms with van der Waals surface area (Å²) in [6, 6.07) is 2.00. The summed E-state index contributed by atoms with van der Waals surface area (Å²) >= 11 is 5.63. The Bertz CT molecular complexity index is 653. The molecule has 2 atom stereocenters. The lowest BCUT2D eigenvalue weighted by Crippen LogP contribution is -2.48. The van der Waals surface area contributed by atoms with Gasteiger partial charge in [0.05, 0.1) is 10.5 Å². The van der Waals surface area contributed by atoms with Gasteiger partial charge in [-0.25, -0.2) is 13.1 Å². The summed E-state index contributed by atoms with van der Waals surface area (Å²) < 4.78 is 65.4. The monoisotopic (exact) mass is 392 g/mol. The summed E-state index contributed by atoms with van der Waals surface area (Å²) in [5, 5.41) is 2.85. The zero-order chi connectivity index (χ0) is 16.5. The van der Waals surface area contributed by atoms with Gasteiger partial charge in [0.2, 0.25) is 10.0 Å². The van der Waals surface area contributed by atoms with Crippen molar-refractivity contribution in [1.82, 2.24) is 10.0 Å². The van der Waals surface area contributed by atoms with E-state index in [1.807, 2.05) is 6.92 Å². The molecule has 0 aliphatic carbocycles. The summed E-state index contributed by atoms with van der Waals surface area (Å²) in [6.07, 6.45) is -4.08. The van der Waals surface area contributed by atoms with E-state index in [1.165, 1.54) is 0 Å². The highest BCUT2D eigenvalue weighted by Crippen LogP contribution is 2.33. The van der Waals surface area contributed by atoms with E-state index in [0.717, 1.165) is 6.07 Å². The Morgan fingerprint density at radius 1 is 1.30 bits per heavy atom. The molecule has 0 bridgehead atoms. The Kier molecular flexibility index (Phi) is 6.74. The molecule has 2 rings (SSSR count). The van der Waals surface area contributed by atoms with Crippen molar-refractivity contribution in [3.8, 4) is 0 Å². The van der Waals surface area contributed by atoms with Crippen LogP contribution in [-0.4, -0.2) is 27.5 Å². The molecular formula is C13H17Cl2F3N2O2S. The number of nitrogens with one attached hydrogen (secondary N) is 2. The molecule has 1 heterocycles. The molecule has 0 amide bonds. The van der Waals surface area contributed by atoms with E-state index in [9.17, 15) is 21.6 Å². The lowest BCUT2D eigenvalue weighted by molar-refractivity contribution is -0.137. The fraction of sp³-hybridized carbons (Fsp3) is 0.538. The number of halogens is 5. The van der Waals surface area contributed by atoms with Gasteiger partial charge in [-0.05, 0) is 43.6 Å². The van der Waals surface area contributed by atoms with E-state index in [2.05, 4.69) is 10.0 Å². The van der Waals surface area contributed by atoms with Crippen molar-refractivity contribution in [3.05, 3.63) is 28.8 Å². The first-order valence-electron chi connectivity index (χ1n) is 6.70. The molecule has 10 heteroatoms. The number of hydrogen-bond donors (Lipinski definition) is 2. The second-order valence-electron chi connectivity index (χ2n) is 5.37. The van der Waals surface area contributed by atoms with E-state index in [4.69, 9.17) is 11.6 Å². The van der Waals surface area contributed by atoms with Gasteiger partial charge in [0.1, 0.15) is 0 Å². The quantitative estimate of drug-likeness (QED) is 0.830. The van der Waals surface area contributed by atoms with Crippen molar-refractivity contribution in [1.29, 1.82) is 0 Å². The van der Waals surface area contributed by atoms with E-state index in [-0.39, 0.29) is 29.4 Å². The molecule has 2 unspecified atom stereocenters. The van der Waals surface area contributed by atoms with Gasteiger partial charge in [-0.1, -0.05) is 18.5 Å². The molecule has 23 heavy (non-hydrogen) atoms. The molecule has 1 saturated heterocycles. The second kappa shape index (κ2) is 7.57. The van der Waals surface area contributed by atoms with Crippen LogP contribution in [0.2, 0.25) is 5.02 Å². The van der Waals surface area contributed by atoms with Crippen LogP contribution in [0.1, 0.15) is 18.9 Å². The van der Waals surface area contributed by atoms with Crippen molar-refractivity contribution in [2.24, 2.45) is 5.92 Å². The molecule has 1 fully saturated rings. The average molecular weight is 393 g/mol. The molecule has 1 aromatic rings. The van der Waals surface area contributed by atoms with Gasteiger partial charge in [-0.2, -0.15) is 13.2 Å². The van der Waals surface area contributed by atoms with Crippen LogP contribution in [-0.2, 0) is 16.2 Å². The minimum absolute atomic E-state index is 0. The standard InChI is InChI=1S/C13H16ClF3N2O2S.ClH/c1-8-7-18-3-2-12(8)19-22(20,21)11-5-9(13(15,16)17)4-10(14)6-11;/h4-6,8,12,18-19H,2-3,7H2,1H3;1H. The van der Waals surface area contributed by atoms with Gasteiger partial charge in [0.25, 0.3) is 0 Å². The highest BCUT2D eigenvalue weighted by molar-refractivity contribution is 7.89. The summed E-state index contributed by atoms with van der Waals surface area (Å²) in [5.74, 6) is 0.0461. The highest BCUT2D eigenvalue weighted by Gasteiger charge is 2.33. The Hall–Kier alpha value is -0.540. The normalized spacial score (nSPS) is 22.5. The van der Waals surface area contributed by atoms with Crippen LogP contribution in [0.25, 0.3) is 0 Å². The SMILES string of the molecule is CC1CNCCC1NS(=O)(=O)c1cc(Cl)cc(C(F)(F)F)c1.Cl. The molecule has 0 radical (unpaired) electrons. The Morgan fingerprint density at radius 2 is 1.96 bits per heavy atom. The molecule has 0 saturated carbocycles. The fourth-order valence-electron chi connectivity index (χ4n) is 2.34. The lowest BCUT2D eigenvalue weighted by Gasteiger charge is -2.30. The predicted molar refractivity (Wildman–Crippen MR) is 84.5 cm³/mol. The van der Waals surface area contributed by atoms with Crippen molar-refractivity contribution in [2.75, 3.05) is 13.1 Å². The third-order valence-corrected chi connectivity index (χ3v) is 5.29. The van der Waals surface area contributed by atoms with Crippen LogP contribution in [0.4, 0.5) is 13.2 Å². The number of alkyl halides is 3. The van der Waals surface area contributed by atoms with Crippen LogP contribution in [0, 0.1) is 5.92 Å². The van der Waals surface area contributed by atoms with E-state index in [0.29, 0.717) is 31.6 Å². The zero-order valence-electron chi connectivity index (χ0n) is 12.2. The van der Waals surface area contributed by atoms with E-state index >= 15 is 0 Å². The van der Waals surface area contributed by atoms with Crippen LogP contribution >= 0.6 is 24.0 Å². The molecule has 1 aliphatic rings. The highest BCUT2D eigenvalue weighted by atomic mass is 35.5. The molecule has 1 aromatic carbocycles. The average Bonchev–Trinajstić information content (AvgIpc) is 2.39. The Balaban J connectivity index is 0.00000264. The number of benzene rings is 1. The minimum Gasteiger partial charge on any atom is -0.316 e. The molecule has 0 spiro atoms. The first-order chi connectivity index (χ1) is 10.1. The smallest absolute Gasteiger partial charge is 0.316 e. The van der Waals surface area contributed by atoms with Gasteiger partial charge < -0.3 is 5.32 Å². The third-order valence-electron chi connectivity index (χ3n) is 3.60. The summed E-state index contributed by atoms with van der Waals surface area (Å²) in [6.45, 7) is 3.18. The van der Waals surface area contributed by atoms with Crippen molar-refractivity contribution in [2.45, 2.75) is 30.5 Å². The van der Waals surface area contributed by atoms with Crippen LogP contribution in [0.15, 0.2) is 23.1 Å². The first-order valence-corrected chi connectivity index (χ1v) is 8.56. The first kappa shape index (κ1) is 20.5. The maximum atomic E-state index is 12.8. The van der Waals surface area contributed by atoms with Gasteiger partial charge in [0, 0.05) is 11.1 Å².